The number of rotatable bonds is 3. The fourth-order valence-electron chi connectivity index (χ4n) is 3.42. The molecule has 2 heterocycles. The molecule has 1 fully saturated rings. The third-order valence-electron chi connectivity index (χ3n) is 4.35. The predicted molar refractivity (Wildman–Crippen MR) is 83.7 cm³/mol. The molecule has 3 atom stereocenters. The lowest BCUT2D eigenvalue weighted by atomic mass is 9.92. The summed E-state index contributed by atoms with van der Waals surface area (Å²) in [7, 11) is 0. The van der Waals surface area contributed by atoms with Gasteiger partial charge in [-0.2, -0.15) is 5.26 Å². The first-order valence-electron chi connectivity index (χ1n) is 7.63. The highest BCUT2D eigenvalue weighted by Gasteiger charge is 2.27. The summed E-state index contributed by atoms with van der Waals surface area (Å²) >= 11 is 0. The number of nitrogens with zero attached hydrogens (tertiary/aromatic N) is 3. The zero-order valence-electron chi connectivity index (χ0n) is 13.1. The van der Waals surface area contributed by atoms with Crippen LogP contribution in [0, 0.1) is 23.2 Å². The Balaban J connectivity index is 2.45. The van der Waals surface area contributed by atoms with Gasteiger partial charge in [0.1, 0.15) is 17.6 Å². The Morgan fingerprint density at radius 3 is 2.50 bits per heavy atom. The van der Waals surface area contributed by atoms with Crippen molar-refractivity contribution in [3.05, 3.63) is 11.8 Å². The zero-order valence-corrected chi connectivity index (χ0v) is 13.1. The quantitative estimate of drug-likeness (QED) is 0.919. The lowest BCUT2D eigenvalue weighted by Crippen LogP contribution is -2.40. The Hall–Kier alpha value is -1.63. The smallest absolute Gasteiger partial charge is 0.133 e. The summed E-state index contributed by atoms with van der Waals surface area (Å²) in [4.78, 5) is 2.38. The van der Waals surface area contributed by atoms with Gasteiger partial charge in [0.05, 0.1) is 5.69 Å². The average Bonchev–Trinajstić information content (AvgIpc) is 2.73. The molecule has 1 saturated heterocycles. The average molecular weight is 274 g/mol. The molecule has 0 aromatic carbocycles. The van der Waals surface area contributed by atoms with Crippen molar-refractivity contribution in [2.45, 2.75) is 46.6 Å². The van der Waals surface area contributed by atoms with Crippen LogP contribution in [0.15, 0.2) is 6.07 Å². The molecule has 0 bridgehead atoms. The second kappa shape index (κ2) is 5.78. The van der Waals surface area contributed by atoms with Gasteiger partial charge in [-0.05, 0) is 37.7 Å². The first-order valence-corrected chi connectivity index (χ1v) is 7.63. The Morgan fingerprint density at radius 2 is 2.00 bits per heavy atom. The molecule has 1 aromatic rings. The Bertz CT molecular complexity index is 501. The number of nitrogen functional groups attached to an aromatic ring is 1. The van der Waals surface area contributed by atoms with Crippen LogP contribution in [0.1, 0.15) is 52.3 Å². The first-order chi connectivity index (χ1) is 9.47. The maximum Gasteiger partial charge on any atom is 0.133 e. The number of aromatic nitrogens is 1. The largest absolute Gasteiger partial charge is 0.396 e. The number of piperidine rings is 1. The predicted octanol–water partition coefficient (Wildman–Crippen LogP) is 3.40. The Kier molecular flexibility index (Phi) is 4.27. The fraction of sp³-hybridized carbons (Fsp3) is 0.688. The molecule has 3 unspecified atom stereocenters. The van der Waals surface area contributed by atoms with Gasteiger partial charge in [0.15, 0.2) is 0 Å². The van der Waals surface area contributed by atoms with Crippen molar-refractivity contribution in [2.24, 2.45) is 11.8 Å². The van der Waals surface area contributed by atoms with E-state index in [0.717, 1.165) is 31.0 Å². The van der Waals surface area contributed by atoms with Gasteiger partial charge in [-0.15, -0.1) is 0 Å². The summed E-state index contributed by atoms with van der Waals surface area (Å²) in [6.07, 6.45) is 2.26. The van der Waals surface area contributed by atoms with Crippen LogP contribution in [0.5, 0.6) is 0 Å². The van der Waals surface area contributed by atoms with Crippen molar-refractivity contribution in [3.8, 4) is 6.07 Å². The van der Waals surface area contributed by atoms with Gasteiger partial charge in [0, 0.05) is 19.1 Å². The lowest BCUT2D eigenvalue weighted by molar-refractivity contribution is 0.351. The van der Waals surface area contributed by atoms with Crippen LogP contribution in [0.3, 0.4) is 0 Å². The van der Waals surface area contributed by atoms with E-state index in [0.29, 0.717) is 23.6 Å². The van der Waals surface area contributed by atoms with Crippen molar-refractivity contribution in [1.29, 1.82) is 5.26 Å². The number of hydrogen-bond donors (Lipinski definition) is 1. The van der Waals surface area contributed by atoms with E-state index in [-0.39, 0.29) is 0 Å². The fourth-order valence-corrected chi connectivity index (χ4v) is 3.42. The highest BCUT2D eigenvalue weighted by atomic mass is 15.3. The van der Waals surface area contributed by atoms with Crippen LogP contribution in [0.2, 0.25) is 0 Å². The van der Waals surface area contributed by atoms with E-state index in [1.54, 1.807) is 0 Å². The van der Waals surface area contributed by atoms with E-state index in [9.17, 15) is 5.26 Å². The van der Waals surface area contributed by atoms with Crippen molar-refractivity contribution in [1.82, 2.24) is 4.57 Å². The second-order valence-electron chi connectivity index (χ2n) is 6.40. The summed E-state index contributed by atoms with van der Waals surface area (Å²) in [6.45, 7) is 10.9. The van der Waals surface area contributed by atoms with Crippen LogP contribution < -0.4 is 10.6 Å². The molecule has 0 spiro atoms. The summed E-state index contributed by atoms with van der Waals surface area (Å²) in [5.74, 6) is 2.39. The Labute approximate surface area is 122 Å². The lowest BCUT2D eigenvalue weighted by Gasteiger charge is -2.38. The van der Waals surface area contributed by atoms with E-state index < -0.39 is 0 Å². The highest BCUT2D eigenvalue weighted by Crippen LogP contribution is 2.35. The minimum absolute atomic E-state index is 0.296. The third-order valence-corrected chi connectivity index (χ3v) is 4.35. The monoisotopic (exact) mass is 274 g/mol. The summed E-state index contributed by atoms with van der Waals surface area (Å²) in [5.41, 5.74) is 7.64. The number of anilines is 2. The van der Waals surface area contributed by atoms with E-state index in [2.05, 4.69) is 43.2 Å². The van der Waals surface area contributed by atoms with Crippen LogP contribution in [0.25, 0.3) is 0 Å². The molecular weight excluding hydrogens is 248 g/mol. The topological polar surface area (TPSA) is 58.0 Å². The molecule has 1 aromatic heterocycles. The summed E-state index contributed by atoms with van der Waals surface area (Å²) in [6, 6.07) is 4.41. The van der Waals surface area contributed by atoms with Gasteiger partial charge >= 0.3 is 0 Å². The van der Waals surface area contributed by atoms with Crippen LogP contribution >= 0.6 is 0 Å². The minimum atomic E-state index is 0.296. The van der Waals surface area contributed by atoms with E-state index in [1.807, 2.05) is 6.07 Å². The van der Waals surface area contributed by atoms with Crippen LogP contribution in [0.4, 0.5) is 11.5 Å². The number of hydrogen-bond acceptors (Lipinski definition) is 3. The third kappa shape index (κ3) is 2.63. The SMILES string of the molecule is CCC(C)n1c(C#N)cc(N)c1N1CC(C)CC(C)C1. The summed E-state index contributed by atoms with van der Waals surface area (Å²) < 4.78 is 2.13. The zero-order chi connectivity index (χ0) is 14.9. The number of nitriles is 1. The van der Waals surface area contributed by atoms with E-state index in [4.69, 9.17) is 5.73 Å². The van der Waals surface area contributed by atoms with E-state index in [1.165, 1.54) is 6.42 Å². The molecule has 0 amide bonds. The molecule has 20 heavy (non-hydrogen) atoms. The highest BCUT2D eigenvalue weighted by molar-refractivity contribution is 5.68. The molecule has 4 nitrogen and oxygen atoms in total. The molecule has 4 heteroatoms. The van der Waals surface area contributed by atoms with Crippen LogP contribution in [-0.4, -0.2) is 17.7 Å². The van der Waals surface area contributed by atoms with Gasteiger partial charge in [0.2, 0.25) is 0 Å². The second-order valence-corrected chi connectivity index (χ2v) is 6.40. The van der Waals surface area contributed by atoms with Gasteiger partial charge in [-0.25, -0.2) is 0 Å². The maximum atomic E-state index is 9.36. The van der Waals surface area contributed by atoms with E-state index >= 15 is 0 Å². The normalized spacial score (nSPS) is 24.4. The van der Waals surface area contributed by atoms with Gasteiger partial charge in [-0.3, -0.25) is 0 Å². The molecule has 110 valence electrons. The molecular formula is C16H26N4. The molecule has 2 rings (SSSR count). The number of nitrogens with two attached hydrogens (primary N) is 1. The van der Waals surface area contributed by atoms with Gasteiger partial charge in [0.25, 0.3) is 0 Å². The maximum absolute atomic E-state index is 9.36. The molecule has 1 aliphatic rings. The molecule has 1 aliphatic heterocycles. The first kappa shape index (κ1) is 14.8. The molecule has 0 saturated carbocycles. The van der Waals surface area contributed by atoms with Crippen molar-refractivity contribution in [3.63, 3.8) is 0 Å². The summed E-state index contributed by atoms with van der Waals surface area (Å²) in [5, 5.41) is 9.36. The molecule has 0 aliphatic carbocycles. The van der Waals surface area contributed by atoms with Crippen LogP contribution in [-0.2, 0) is 0 Å². The van der Waals surface area contributed by atoms with Gasteiger partial charge < -0.3 is 15.2 Å². The minimum Gasteiger partial charge on any atom is -0.396 e. The molecule has 0 radical (unpaired) electrons. The van der Waals surface area contributed by atoms with Crippen molar-refractivity contribution < 1.29 is 0 Å². The van der Waals surface area contributed by atoms with Gasteiger partial charge in [-0.1, -0.05) is 20.8 Å². The Morgan fingerprint density at radius 1 is 1.40 bits per heavy atom. The standard InChI is InChI=1S/C16H26N4/c1-5-13(4)20-14(8-17)7-15(18)16(20)19-9-11(2)6-12(3)10-19/h7,11-13H,5-6,9-10,18H2,1-4H3. The van der Waals surface area contributed by atoms with Crippen molar-refractivity contribution in [2.75, 3.05) is 23.7 Å². The van der Waals surface area contributed by atoms with Crippen molar-refractivity contribution >= 4 is 11.5 Å². The molecule has 2 N–H and O–H groups in total.